The fourth-order valence-electron chi connectivity index (χ4n) is 4.92. The zero-order valence-electron chi connectivity index (χ0n) is 22.1. The Morgan fingerprint density at radius 1 is 1.11 bits per heavy atom. The standard InChI is InChI=1S/C29H32N4O4S/c1-17-5-10-20(11-6-17)33-28-25(27(31-33)29(2,3)4)26(18-7-12-21-22(13-18)37-16-36-21)38-15-24(35)32(28)14-23(34)30-19-8-9-19/h5-7,10-13,19,26H,8-9,14-16H2,1-4H3,(H,30,34)/t26-/m1/s1. The van der Waals surface area contributed by atoms with Gasteiger partial charge < -0.3 is 14.8 Å². The van der Waals surface area contributed by atoms with Crippen molar-refractivity contribution in [2.24, 2.45) is 0 Å². The van der Waals surface area contributed by atoms with Gasteiger partial charge in [0, 0.05) is 17.0 Å². The van der Waals surface area contributed by atoms with Gasteiger partial charge in [-0.25, -0.2) is 4.68 Å². The molecule has 38 heavy (non-hydrogen) atoms. The lowest BCUT2D eigenvalue weighted by Crippen LogP contribution is -2.43. The Kier molecular flexibility index (Phi) is 6.13. The van der Waals surface area contributed by atoms with Crippen molar-refractivity contribution in [2.75, 3.05) is 24.0 Å². The Labute approximate surface area is 226 Å². The molecule has 0 saturated heterocycles. The van der Waals surface area contributed by atoms with E-state index in [4.69, 9.17) is 14.6 Å². The predicted octanol–water partition coefficient (Wildman–Crippen LogP) is 4.65. The maximum atomic E-state index is 13.7. The summed E-state index contributed by atoms with van der Waals surface area (Å²) in [6.45, 7) is 8.59. The number of fused-ring (bicyclic) bond motifs is 2. The molecule has 0 bridgehead atoms. The molecule has 9 heteroatoms. The number of amides is 2. The first-order chi connectivity index (χ1) is 18.2. The number of anilines is 1. The molecule has 8 nitrogen and oxygen atoms in total. The van der Waals surface area contributed by atoms with Crippen LogP contribution in [0.2, 0.25) is 0 Å². The maximum absolute atomic E-state index is 13.7. The van der Waals surface area contributed by atoms with Crippen molar-refractivity contribution < 1.29 is 19.1 Å². The Morgan fingerprint density at radius 2 is 1.84 bits per heavy atom. The van der Waals surface area contributed by atoms with E-state index >= 15 is 0 Å². The van der Waals surface area contributed by atoms with E-state index in [-0.39, 0.29) is 47.6 Å². The first-order valence-electron chi connectivity index (χ1n) is 13.0. The van der Waals surface area contributed by atoms with Crippen molar-refractivity contribution in [3.8, 4) is 17.2 Å². The summed E-state index contributed by atoms with van der Waals surface area (Å²) in [6, 6.07) is 14.3. The molecule has 3 aromatic rings. The van der Waals surface area contributed by atoms with Crippen molar-refractivity contribution >= 4 is 29.4 Å². The summed E-state index contributed by atoms with van der Waals surface area (Å²) in [5.41, 5.74) is 4.52. The first kappa shape index (κ1) is 24.9. The molecular formula is C29H32N4O4S. The Morgan fingerprint density at radius 3 is 2.55 bits per heavy atom. The molecule has 3 heterocycles. The average Bonchev–Trinajstić information content (AvgIpc) is 3.44. The van der Waals surface area contributed by atoms with Crippen LogP contribution in [0.3, 0.4) is 0 Å². The second-order valence-electron chi connectivity index (χ2n) is 11.2. The lowest BCUT2D eigenvalue weighted by Gasteiger charge is -2.24. The highest BCUT2D eigenvalue weighted by Gasteiger charge is 2.40. The number of nitrogens with one attached hydrogen (secondary N) is 1. The van der Waals surface area contributed by atoms with Crippen LogP contribution in [0.1, 0.15) is 61.2 Å². The second kappa shape index (κ2) is 9.38. The zero-order chi connectivity index (χ0) is 26.6. The van der Waals surface area contributed by atoms with Crippen LogP contribution in [-0.2, 0) is 15.0 Å². The molecule has 2 aromatic carbocycles. The third kappa shape index (κ3) is 4.64. The third-order valence-electron chi connectivity index (χ3n) is 7.02. The van der Waals surface area contributed by atoms with Crippen molar-refractivity contribution in [2.45, 2.75) is 57.2 Å². The van der Waals surface area contributed by atoms with E-state index in [0.717, 1.165) is 40.9 Å². The second-order valence-corrected chi connectivity index (χ2v) is 12.3. The number of rotatable bonds is 5. The molecule has 1 fully saturated rings. The summed E-state index contributed by atoms with van der Waals surface area (Å²) in [7, 11) is 0. The highest BCUT2D eigenvalue weighted by Crippen LogP contribution is 2.49. The fourth-order valence-corrected chi connectivity index (χ4v) is 6.11. The van der Waals surface area contributed by atoms with Crippen LogP contribution in [-0.4, -0.2) is 46.7 Å². The average molecular weight is 533 g/mol. The highest BCUT2D eigenvalue weighted by molar-refractivity contribution is 8.00. The zero-order valence-corrected chi connectivity index (χ0v) is 22.9. The summed E-state index contributed by atoms with van der Waals surface area (Å²) in [4.78, 5) is 28.4. The van der Waals surface area contributed by atoms with Gasteiger partial charge in [0.25, 0.3) is 0 Å². The van der Waals surface area contributed by atoms with Crippen LogP contribution in [0.5, 0.6) is 11.5 Å². The van der Waals surface area contributed by atoms with Crippen LogP contribution >= 0.6 is 11.8 Å². The van der Waals surface area contributed by atoms with E-state index in [1.807, 2.05) is 54.1 Å². The van der Waals surface area contributed by atoms with E-state index in [0.29, 0.717) is 17.3 Å². The number of hydrogen-bond donors (Lipinski definition) is 1. The Hall–Kier alpha value is -3.46. The van der Waals surface area contributed by atoms with Gasteiger partial charge >= 0.3 is 0 Å². The quantitative estimate of drug-likeness (QED) is 0.515. The molecule has 1 N–H and O–H groups in total. The molecule has 1 aromatic heterocycles. The van der Waals surface area contributed by atoms with Crippen LogP contribution in [0.25, 0.3) is 5.69 Å². The van der Waals surface area contributed by atoms with Gasteiger partial charge in [-0.2, -0.15) is 5.10 Å². The normalized spacial score (nSPS) is 18.8. The number of aryl methyl sites for hydroxylation is 1. The molecule has 2 aliphatic heterocycles. The van der Waals surface area contributed by atoms with Crippen LogP contribution in [0.15, 0.2) is 42.5 Å². The van der Waals surface area contributed by atoms with Gasteiger partial charge in [0.2, 0.25) is 18.6 Å². The van der Waals surface area contributed by atoms with Crippen molar-refractivity contribution in [3.05, 3.63) is 64.8 Å². The van der Waals surface area contributed by atoms with Gasteiger partial charge in [0.15, 0.2) is 11.5 Å². The third-order valence-corrected chi connectivity index (χ3v) is 8.28. The molecule has 2 amide bonds. The molecule has 1 saturated carbocycles. The molecule has 1 aliphatic carbocycles. The number of aromatic nitrogens is 2. The topological polar surface area (TPSA) is 85.7 Å². The molecule has 0 spiro atoms. The van der Waals surface area contributed by atoms with Gasteiger partial charge in [-0.05, 0) is 49.6 Å². The molecule has 1 atom stereocenters. The first-order valence-corrected chi connectivity index (χ1v) is 14.1. The van der Waals surface area contributed by atoms with Gasteiger partial charge in [0.1, 0.15) is 12.4 Å². The molecule has 0 radical (unpaired) electrons. The minimum Gasteiger partial charge on any atom is -0.454 e. The van der Waals surface area contributed by atoms with E-state index in [1.54, 1.807) is 16.7 Å². The van der Waals surface area contributed by atoms with E-state index < -0.39 is 0 Å². The number of hydrogen-bond acceptors (Lipinski definition) is 6. The van der Waals surface area contributed by atoms with E-state index in [2.05, 4.69) is 26.1 Å². The number of carbonyl (C=O) groups is 2. The Bertz CT molecular complexity index is 1410. The van der Waals surface area contributed by atoms with Gasteiger partial charge in [-0.3, -0.25) is 14.5 Å². The van der Waals surface area contributed by atoms with Crippen molar-refractivity contribution in [3.63, 3.8) is 0 Å². The summed E-state index contributed by atoms with van der Waals surface area (Å²) in [6.07, 6.45) is 1.98. The van der Waals surface area contributed by atoms with Gasteiger partial charge in [0.05, 0.1) is 22.4 Å². The van der Waals surface area contributed by atoms with Crippen LogP contribution in [0.4, 0.5) is 5.82 Å². The summed E-state index contributed by atoms with van der Waals surface area (Å²) >= 11 is 1.56. The summed E-state index contributed by atoms with van der Waals surface area (Å²) < 4.78 is 13.1. The number of ether oxygens (including phenoxy) is 2. The van der Waals surface area contributed by atoms with Gasteiger partial charge in [-0.1, -0.05) is 44.5 Å². The minimum atomic E-state index is -0.315. The Balaban J connectivity index is 1.56. The van der Waals surface area contributed by atoms with Crippen molar-refractivity contribution in [1.82, 2.24) is 15.1 Å². The minimum absolute atomic E-state index is 0.0438. The number of thioether (sulfide) groups is 1. The lowest BCUT2D eigenvalue weighted by molar-refractivity contribution is -0.123. The number of benzene rings is 2. The largest absolute Gasteiger partial charge is 0.454 e. The summed E-state index contributed by atoms with van der Waals surface area (Å²) in [5, 5.41) is 8.00. The maximum Gasteiger partial charge on any atom is 0.240 e. The van der Waals surface area contributed by atoms with E-state index in [9.17, 15) is 9.59 Å². The summed E-state index contributed by atoms with van der Waals surface area (Å²) in [5.74, 6) is 2.05. The lowest BCUT2D eigenvalue weighted by atomic mass is 9.87. The van der Waals surface area contributed by atoms with Crippen molar-refractivity contribution in [1.29, 1.82) is 0 Å². The molecule has 0 unspecified atom stereocenters. The molecular weight excluding hydrogens is 500 g/mol. The van der Waals surface area contributed by atoms with Crippen LogP contribution in [0, 0.1) is 6.92 Å². The monoisotopic (exact) mass is 532 g/mol. The molecule has 198 valence electrons. The smallest absolute Gasteiger partial charge is 0.240 e. The SMILES string of the molecule is Cc1ccc(-n2nc(C(C)(C)C)c3c2N(CC(=O)NC2CC2)C(=O)CS[C@@H]3c2ccc3c(c2)OCO3)cc1. The molecule has 6 rings (SSSR count). The number of carbonyl (C=O) groups excluding carboxylic acids is 2. The van der Waals surface area contributed by atoms with Crippen LogP contribution < -0.4 is 19.7 Å². The number of nitrogens with zero attached hydrogens (tertiary/aromatic N) is 3. The highest BCUT2D eigenvalue weighted by atomic mass is 32.2. The molecule has 3 aliphatic rings. The predicted molar refractivity (Wildman–Crippen MR) is 147 cm³/mol. The van der Waals surface area contributed by atoms with Gasteiger partial charge in [-0.15, -0.1) is 11.8 Å². The fraction of sp³-hybridized carbons (Fsp3) is 0.414. The van der Waals surface area contributed by atoms with E-state index in [1.165, 1.54) is 0 Å².